The number of carbonyl (C=O) groups is 1. The lowest BCUT2D eigenvalue weighted by Crippen LogP contribution is -2.38. The number of anilines is 1. The number of carbonyl (C=O) groups excluding carboxylic acids is 1. The number of halogens is 1. The molecule has 0 aliphatic heterocycles. The van der Waals surface area contributed by atoms with Crippen LogP contribution in [0.4, 0.5) is 5.69 Å². The summed E-state index contributed by atoms with van der Waals surface area (Å²) in [5.41, 5.74) is 4.14. The number of aliphatic imine (C=N–C) groups is 1. The Morgan fingerprint density at radius 2 is 1.82 bits per heavy atom. The Bertz CT molecular complexity index is 1040. The Morgan fingerprint density at radius 1 is 1.06 bits per heavy atom. The van der Waals surface area contributed by atoms with E-state index in [2.05, 4.69) is 57.5 Å². The monoisotopic (exact) mass is 562 g/mol. The standard InChI is InChI=1S/C25H34N6O.HI/c1-4-9-24(32)30-21-14-12-20(13-15-21)18-28-25(26-5-2)27-16-8-17-31-19(3)29-22-10-6-7-11-23(22)31;/h6-7,10-15H,4-5,8-9,16-18H2,1-3H3,(H,30,32)(H2,26,27,28);1H. The van der Waals surface area contributed by atoms with E-state index in [1.54, 1.807) is 0 Å². The second-order valence-corrected chi connectivity index (χ2v) is 7.77. The number of fused-ring (bicyclic) bond motifs is 1. The van der Waals surface area contributed by atoms with Crippen LogP contribution in [0.3, 0.4) is 0 Å². The van der Waals surface area contributed by atoms with Crippen LogP contribution in [0, 0.1) is 6.92 Å². The van der Waals surface area contributed by atoms with E-state index in [1.165, 1.54) is 5.52 Å². The minimum absolute atomic E-state index is 0. The van der Waals surface area contributed by atoms with E-state index < -0.39 is 0 Å². The number of para-hydroxylation sites is 2. The first-order valence-electron chi connectivity index (χ1n) is 11.4. The van der Waals surface area contributed by atoms with Gasteiger partial charge in [-0.15, -0.1) is 24.0 Å². The number of aromatic nitrogens is 2. The maximum absolute atomic E-state index is 11.7. The van der Waals surface area contributed by atoms with Gasteiger partial charge in [-0.25, -0.2) is 9.98 Å². The third-order valence-electron chi connectivity index (χ3n) is 5.18. The van der Waals surface area contributed by atoms with Crippen LogP contribution in [0.1, 0.15) is 44.5 Å². The summed E-state index contributed by atoms with van der Waals surface area (Å²) in [4.78, 5) is 21.0. The summed E-state index contributed by atoms with van der Waals surface area (Å²) in [6.07, 6.45) is 2.36. The first-order chi connectivity index (χ1) is 15.6. The third-order valence-corrected chi connectivity index (χ3v) is 5.18. The average molecular weight is 563 g/mol. The number of guanidine groups is 1. The van der Waals surface area contributed by atoms with Gasteiger partial charge in [-0.1, -0.05) is 31.2 Å². The summed E-state index contributed by atoms with van der Waals surface area (Å²) in [7, 11) is 0. The van der Waals surface area contributed by atoms with Crippen LogP contribution in [-0.2, 0) is 17.9 Å². The van der Waals surface area contributed by atoms with Crippen molar-refractivity contribution in [2.75, 3.05) is 18.4 Å². The van der Waals surface area contributed by atoms with Gasteiger partial charge in [-0.2, -0.15) is 0 Å². The molecule has 3 N–H and O–H groups in total. The fraction of sp³-hybridized carbons (Fsp3) is 0.400. The van der Waals surface area contributed by atoms with Crippen LogP contribution in [0.5, 0.6) is 0 Å². The van der Waals surface area contributed by atoms with E-state index >= 15 is 0 Å². The number of imidazole rings is 1. The smallest absolute Gasteiger partial charge is 0.224 e. The van der Waals surface area contributed by atoms with Crippen molar-refractivity contribution in [1.29, 1.82) is 0 Å². The second kappa shape index (κ2) is 13.8. The van der Waals surface area contributed by atoms with Gasteiger partial charge in [0.25, 0.3) is 0 Å². The fourth-order valence-electron chi connectivity index (χ4n) is 3.58. The number of hydrogen-bond donors (Lipinski definition) is 3. The minimum atomic E-state index is 0. The van der Waals surface area contributed by atoms with Gasteiger partial charge in [0.1, 0.15) is 5.82 Å². The lowest BCUT2D eigenvalue weighted by Gasteiger charge is -2.12. The molecule has 0 radical (unpaired) electrons. The zero-order valence-electron chi connectivity index (χ0n) is 19.7. The number of nitrogens with one attached hydrogen (secondary N) is 3. The van der Waals surface area contributed by atoms with Gasteiger partial charge in [0, 0.05) is 31.7 Å². The molecule has 7 nitrogen and oxygen atoms in total. The van der Waals surface area contributed by atoms with Crippen molar-refractivity contribution in [3.8, 4) is 0 Å². The molecule has 0 aliphatic carbocycles. The Kier molecular flexibility index (Phi) is 11.2. The molecular formula is C25H35IN6O. The minimum Gasteiger partial charge on any atom is -0.357 e. The van der Waals surface area contributed by atoms with Crippen molar-refractivity contribution in [2.24, 2.45) is 4.99 Å². The Hall–Kier alpha value is -2.62. The summed E-state index contributed by atoms with van der Waals surface area (Å²) in [6, 6.07) is 16.1. The molecule has 8 heteroatoms. The molecule has 0 saturated carbocycles. The molecule has 3 rings (SSSR count). The molecule has 3 aromatic rings. The molecular weight excluding hydrogens is 527 g/mol. The van der Waals surface area contributed by atoms with E-state index in [4.69, 9.17) is 4.99 Å². The zero-order chi connectivity index (χ0) is 22.8. The van der Waals surface area contributed by atoms with E-state index in [1.807, 2.05) is 37.3 Å². The summed E-state index contributed by atoms with van der Waals surface area (Å²) in [5.74, 6) is 1.90. The first-order valence-corrected chi connectivity index (χ1v) is 11.4. The molecule has 0 atom stereocenters. The Balaban J connectivity index is 0.00000385. The molecule has 2 aromatic carbocycles. The van der Waals surface area contributed by atoms with Crippen LogP contribution in [0.15, 0.2) is 53.5 Å². The van der Waals surface area contributed by atoms with Gasteiger partial charge >= 0.3 is 0 Å². The third kappa shape index (κ3) is 8.03. The van der Waals surface area contributed by atoms with E-state index in [-0.39, 0.29) is 29.9 Å². The second-order valence-electron chi connectivity index (χ2n) is 7.77. The quantitative estimate of drug-likeness (QED) is 0.143. The Morgan fingerprint density at radius 3 is 2.55 bits per heavy atom. The lowest BCUT2D eigenvalue weighted by molar-refractivity contribution is -0.116. The summed E-state index contributed by atoms with van der Waals surface area (Å²) in [5, 5.41) is 9.63. The van der Waals surface area contributed by atoms with E-state index in [0.717, 1.165) is 61.0 Å². The Labute approximate surface area is 213 Å². The number of amides is 1. The predicted molar refractivity (Wildman–Crippen MR) is 147 cm³/mol. The number of aryl methyl sites for hydroxylation is 2. The van der Waals surface area contributed by atoms with Crippen LogP contribution < -0.4 is 16.0 Å². The van der Waals surface area contributed by atoms with Crippen LogP contribution in [-0.4, -0.2) is 34.5 Å². The van der Waals surface area contributed by atoms with Crippen LogP contribution >= 0.6 is 24.0 Å². The SMILES string of the molecule is CCCC(=O)Nc1ccc(CN=C(NCC)NCCCn2c(C)nc3ccccc32)cc1.I. The molecule has 0 saturated heterocycles. The number of rotatable bonds is 10. The van der Waals surface area contributed by atoms with Crippen molar-refractivity contribution in [2.45, 2.75) is 53.1 Å². The van der Waals surface area contributed by atoms with Crippen molar-refractivity contribution in [1.82, 2.24) is 20.2 Å². The highest BCUT2D eigenvalue weighted by Crippen LogP contribution is 2.15. The van der Waals surface area contributed by atoms with Crippen molar-refractivity contribution in [3.63, 3.8) is 0 Å². The van der Waals surface area contributed by atoms with Crippen LogP contribution in [0.2, 0.25) is 0 Å². The van der Waals surface area contributed by atoms with E-state index in [0.29, 0.717) is 13.0 Å². The van der Waals surface area contributed by atoms with Gasteiger partial charge < -0.3 is 20.5 Å². The molecule has 0 spiro atoms. The van der Waals surface area contributed by atoms with Crippen molar-refractivity contribution >= 4 is 52.6 Å². The molecule has 0 aliphatic rings. The highest BCUT2D eigenvalue weighted by Gasteiger charge is 2.06. The molecule has 1 aromatic heterocycles. The molecule has 178 valence electrons. The average Bonchev–Trinajstić information content (AvgIpc) is 3.11. The normalized spacial score (nSPS) is 11.2. The summed E-state index contributed by atoms with van der Waals surface area (Å²) in [6.45, 7) is 9.22. The highest BCUT2D eigenvalue weighted by atomic mass is 127. The molecule has 0 unspecified atom stereocenters. The number of hydrogen-bond acceptors (Lipinski definition) is 3. The lowest BCUT2D eigenvalue weighted by atomic mass is 10.2. The first kappa shape index (κ1) is 26.6. The molecule has 0 bridgehead atoms. The fourth-order valence-corrected chi connectivity index (χ4v) is 3.58. The van der Waals surface area contributed by atoms with Gasteiger partial charge in [0.15, 0.2) is 5.96 Å². The van der Waals surface area contributed by atoms with Crippen molar-refractivity contribution in [3.05, 3.63) is 59.9 Å². The topological polar surface area (TPSA) is 83.3 Å². The van der Waals surface area contributed by atoms with Crippen LogP contribution in [0.25, 0.3) is 11.0 Å². The molecule has 0 fully saturated rings. The molecule has 1 heterocycles. The zero-order valence-corrected chi connectivity index (χ0v) is 22.1. The highest BCUT2D eigenvalue weighted by molar-refractivity contribution is 14.0. The number of nitrogens with zero attached hydrogens (tertiary/aromatic N) is 3. The maximum Gasteiger partial charge on any atom is 0.224 e. The number of benzene rings is 2. The van der Waals surface area contributed by atoms with Crippen molar-refractivity contribution < 1.29 is 4.79 Å². The largest absolute Gasteiger partial charge is 0.357 e. The van der Waals surface area contributed by atoms with Gasteiger partial charge in [0.2, 0.25) is 5.91 Å². The van der Waals surface area contributed by atoms with Gasteiger partial charge in [0.05, 0.1) is 17.6 Å². The molecule has 1 amide bonds. The molecule has 33 heavy (non-hydrogen) atoms. The predicted octanol–water partition coefficient (Wildman–Crippen LogP) is 4.85. The summed E-state index contributed by atoms with van der Waals surface area (Å²) < 4.78 is 2.27. The van der Waals surface area contributed by atoms with E-state index in [9.17, 15) is 4.79 Å². The van der Waals surface area contributed by atoms with Gasteiger partial charge in [-0.3, -0.25) is 4.79 Å². The van der Waals surface area contributed by atoms with Gasteiger partial charge in [-0.05, 0) is 56.5 Å². The maximum atomic E-state index is 11.7. The summed E-state index contributed by atoms with van der Waals surface area (Å²) >= 11 is 0.